The van der Waals surface area contributed by atoms with Gasteiger partial charge >= 0.3 is 0 Å². The van der Waals surface area contributed by atoms with Crippen molar-refractivity contribution in [1.29, 1.82) is 0 Å². The van der Waals surface area contributed by atoms with Crippen LogP contribution in [-0.2, 0) is 0 Å². The number of nitrogens with two attached hydrogens (primary N) is 1. The van der Waals surface area contributed by atoms with Gasteiger partial charge in [-0.1, -0.05) is 18.2 Å². The highest BCUT2D eigenvalue weighted by Crippen LogP contribution is 2.38. The average Bonchev–Trinajstić information content (AvgIpc) is 2.56. The Hall–Kier alpha value is -1.68. The first kappa shape index (κ1) is 9.86. The van der Waals surface area contributed by atoms with Gasteiger partial charge in [0.1, 0.15) is 5.75 Å². The van der Waals surface area contributed by atoms with Gasteiger partial charge in [-0.25, -0.2) is 0 Å². The Morgan fingerprint density at radius 3 is 2.67 bits per heavy atom. The van der Waals surface area contributed by atoms with Gasteiger partial charge < -0.3 is 20.5 Å². The van der Waals surface area contributed by atoms with Crippen LogP contribution in [-0.4, -0.2) is 24.1 Å². The number of hydrogen-bond donors (Lipinski definition) is 2. The van der Waals surface area contributed by atoms with Crippen LogP contribution in [0.4, 0.5) is 0 Å². The van der Waals surface area contributed by atoms with Gasteiger partial charge in [0.05, 0.1) is 6.04 Å². The largest absolute Gasteiger partial charge is 0.492 e. The SMILES string of the molecule is CN(C)/C(O)=C1/Oc2ccccc2C1N. The smallest absolute Gasteiger partial charge is 0.228 e. The minimum Gasteiger partial charge on any atom is -0.492 e. The van der Waals surface area contributed by atoms with Crippen LogP contribution in [0.1, 0.15) is 11.6 Å². The molecule has 15 heavy (non-hydrogen) atoms. The van der Waals surface area contributed by atoms with Crippen LogP contribution < -0.4 is 10.5 Å². The summed E-state index contributed by atoms with van der Waals surface area (Å²) in [7, 11) is 3.47. The van der Waals surface area contributed by atoms with E-state index >= 15 is 0 Å². The van der Waals surface area contributed by atoms with Crippen molar-refractivity contribution in [2.24, 2.45) is 5.73 Å². The molecule has 1 aliphatic heterocycles. The van der Waals surface area contributed by atoms with Gasteiger partial charge in [0, 0.05) is 19.7 Å². The van der Waals surface area contributed by atoms with Crippen LogP contribution in [0, 0.1) is 0 Å². The topological polar surface area (TPSA) is 58.7 Å². The average molecular weight is 206 g/mol. The van der Waals surface area contributed by atoms with Gasteiger partial charge in [-0.2, -0.15) is 0 Å². The first-order valence-corrected chi connectivity index (χ1v) is 4.74. The fourth-order valence-electron chi connectivity index (χ4n) is 1.56. The number of rotatable bonds is 1. The van der Waals surface area contributed by atoms with Crippen LogP contribution in [0.5, 0.6) is 5.75 Å². The zero-order valence-corrected chi connectivity index (χ0v) is 8.77. The molecule has 80 valence electrons. The Kier molecular flexibility index (Phi) is 2.28. The number of ether oxygens (including phenoxy) is 1. The third-order valence-corrected chi connectivity index (χ3v) is 2.40. The highest BCUT2D eigenvalue weighted by atomic mass is 16.5. The van der Waals surface area contributed by atoms with Gasteiger partial charge in [-0.05, 0) is 6.07 Å². The lowest BCUT2D eigenvalue weighted by Gasteiger charge is -2.14. The molecule has 4 nitrogen and oxygen atoms in total. The second kappa shape index (κ2) is 3.47. The van der Waals surface area contributed by atoms with E-state index in [4.69, 9.17) is 10.5 Å². The first-order chi connectivity index (χ1) is 7.11. The summed E-state index contributed by atoms with van der Waals surface area (Å²) in [6.45, 7) is 0. The third-order valence-electron chi connectivity index (χ3n) is 2.40. The maximum Gasteiger partial charge on any atom is 0.228 e. The maximum absolute atomic E-state index is 9.77. The van der Waals surface area contributed by atoms with Crippen molar-refractivity contribution in [3.8, 4) is 5.75 Å². The van der Waals surface area contributed by atoms with Crippen LogP contribution in [0.15, 0.2) is 35.9 Å². The second-order valence-electron chi connectivity index (χ2n) is 3.70. The summed E-state index contributed by atoms with van der Waals surface area (Å²) < 4.78 is 5.51. The van der Waals surface area contributed by atoms with Gasteiger partial charge in [0.15, 0.2) is 5.76 Å². The Morgan fingerprint density at radius 2 is 2.07 bits per heavy atom. The van der Waals surface area contributed by atoms with Crippen LogP contribution in [0.2, 0.25) is 0 Å². The van der Waals surface area contributed by atoms with E-state index in [9.17, 15) is 5.11 Å². The van der Waals surface area contributed by atoms with Crippen molar-refractivity contribution in [1.82, 2.24) is 4.90 Å². The highest BCUT2D eigenvalue weighted by molar-refractivity contribution is 5.45. The van der Waals surface area contributed by atoms with E-state index in [1.54, 1.807) is 19.0 Å². The Bertz CT molecular complexity index is 413. The summed E-state index contributed by atoms with van der Waals surface area (Å²) in [5.74, 6) is 1.19. The first-order valence-electron chi connectivity index (χ1n) is 4.74. The molecule has 0 aliphatic carbocycles. The minimum atomic E-state index is -0.386. The molecule has 0 saturated heterocycles. The molecule has 0 amide bonds. The highest BCUT2D eigenvalue weighted by Gasteiger charge is 2.29. The summed E-state index contributed by atoms with van der Waals surface area (Å²) in [5, 5.41) is 9.77. The monoisotopic (exact) mass is 206 g/mol. The van der Waals surface area contributed by atoms with E-state index in [-0.39, 0.29) is 11.9 Å². The molecule has 1 unspecified atom stereocenters. The number of para-hydroxylation sites is 1. The molecule has 0 bridgehead atoms. The summed E-state index contributed by atoms with van der Waals surface area (Å²) >= 11 is 0. The fraction of sp³-hybridized carbons (Fsp3) is 0.273. The number of hydrogen-bond acceptors (Lipinski definition) is 4. The van der Waals surface area contributed by atoms with E-state index in [2.05, 4.69) is 0 Å². The van der Waals surface area contributed by atoms with Gasteiger partial charge in [0.2, 0.25) is 5.88 Å². The molecule has 1 atom stereocenters. The number of aliphatic hydroxyl groups is 1. The summed E-state index contributed by atoms with van der Waals surface area (Å²) in [4.78, 5) is 1.57. The van der Waals surface area contributed by atoms with E-state index in [0.717, 1.165) is 5.56 Å². The van der Waals surface area contributed by atoms with E-state index in [1.165, 1.54) is 0 Å². The van der Waals surface area contributed by atoms with Crippen molar-refractivity contribution in [3.05, 3.63) is 41.5 Å². The molecule has 1 aromatic rings. The van der Waals surface area contributed by atoms with Crippen LogP contribution >= 0.6 is 0 Å². The maximum atomic E-state index is 9.77. The quantitative estimate of drug-likeness (QED) is 0.681. The van der Waals surface area contributed by atoms with Crippen molar-refractivity contribution >= 4 is 0 Å². The lowest BCUT2D eigenvalue weighted by atomic mass is 10.1. The lowest BCUT2D eigenvalue weighted by Crippen LogP contribution is -2.19. The van der Waals surface area contributed by atoms with Gasteiger partial charge in [-0.15, -0.1) is 0 Å². The molecular weight excluding hydrogens is 192 g/mol. The summed E-state index contributed by atoms with van der Waals surface area (Å²) in [6.07, 6.45) is 0. The van der Waals surface area contributed by atoms with E-state index in [0.29, 0.717) is 11.5 Å². The Balaban J connectivity index is 2.43. The number of aliphatic hydroxyl groups excluding tert-OH is 1. The molecule has 4 heteroatoms. The Labute approximate surface area is 88.6 Å². The predicted molar refractivity (Wildman–Crippen MR) is 57.3 cm³/mol. The number of benzene rings is 1. The molecule has 2 rings (SSSR count). The second-order valence-corrected chi connectivity index (χ2v) is 3.70. The normalized spacial score (nSPS) is 21.9. The van der Waals surface area contributed by atoms with Gasteiger partial charge in [-0.3, -0.25) is 0 Å². The molecule has 0 saturated carbocycles. The fourth-order valence-corrected chi connectivity index (χ4v) is 1.56. The molecule has 1 aliphatic rings. The molecular formula is C11H14N2O2. The van der Waals surface area contributed by atoms with Crippen molar-refractivity contribution in [2.75, 3.05) is 14.1 Å². The zero-order chi connectivity index (χ0) is 11.0. The molecule has 0 spiro atoms. The third kappa shape index (κ3) is 1.53. The standard InChI is InChI=1S/C11H14N2O2/c1-13(2)11(14)10-9(12)7-5-3-4-6-8(7)15-10/h3-6,9,14H,12H2,1-2H3/b11-10-. The van der Waals surface area contributed by atoms with E-state index in [1.807, 2.05) is 24.3 Å². The number of fused-ring (bicyclic) bond motifs is 1. The van der Waals surface area contributed by atoms with Crippen molar-refractivity contribution < 1.29 is 9.84 Å². The molecule has 1 aromatic carbocycles. The molecule has 0 aromatic heterocycles. The molecule has 0 radical (unpaired) electrons. The molecule has 1 heterocycles. The van der Waals surface area contributed by atoms with Crippen LogP contribution in [0.3, 0.4) is 0 Å². The summed E-state index contributed by atoms with van der Waals surface area (Å²) in [6, 6.07) is 7.13. The van der Waals surface area contributed by atoms with Crippen LogP contribution in [0.25, 0.3) is 0 Å². The van der Waals surface area contributed by atoms with Crippen molar-refractivity contribution in [2.45, 2.75) is 6.04 Å². The zero-order valence-electron chi connectivity index (χ0n) is 8.77. The van der Waals surface area contributed by atoms with Crippen molar-refractivity contribution in [3.63, 3.8) is 0 Å². The minimum absolute atomic E-state index is 0.0682. The number of nitrogens with zero attached hydrogens (tertiary/aromatic N) is 1. The van der Waals surface area contributed by atoms with E-state index < -0.39 is 0 Å². The predicted octanol–water partition coefficient (Wildman–Crippen LogP) is 1.37. The lowest BCUT2D eigenvalue weighted by molar-refractivity contribution is 0.225. The summed E-state index contributed by atoms with van der Waals surface area (Å²) in [5.41, 5.74) is 6.86. The molecule has 3 N–H and O–H groups in total. The Morgan fingerprint density at radius 1 is 1.40 bits per heavy atom. The molecule has 0 fully saturated rings. The van der Waals surface area contributed by atoms with Gasteiger partial charge in [0.25, 0.3) is 0 Å².